The van der Waals surface area contributed by atoms with E-state index < -0.39 is 0 Å². The fourth-order valence-corrected chi connectivity index (χ4v) is 4.99. The van der Waals surface area contributed by atoms with E-state index in [1.807, 2.05) is 31.4 Å². The van der Waals surface area contributed by atoms with Crippen molar-refractivity contribution in [1.29, 1.82) is 0 Å². The molecule has 9 heteroatoms. The van der Waals surface area contributed by atoms with Crippen molar-refractivity contribution in [3.8, 4) is 11.3 Å². The van der Waals surface area contributed by atoms with E-state index in [4.69, 9.17) is 0 Å². The van der Waals surface area contributed by atoms with E-state index in [0.29, 0.717) is 34.6 Å². The van der Waals surface area contributed by atoms with Crippen LogP contribution in [-0.4, -0.2) is 31.2 Å². The van der Waals surface area contributed by atoms with Gasteiger partial charge in [0, 0.05) is 46.9 Å². The Balaban J connectivity index is 1.50. The van der Waals surface area contributed by atoms with Crippen LogP contribution in [0.15, 0.2) is 39.9 Å². The van der Waals surface area contributed by atoms with Gasteiger partial charge in [-0.2, -0.15) is 0 Å². The lowest BCUT2D eigenvalue weighted by atomic mass is 10.1. The van der Waals surface area contributed by atoms with E-state index in [0.717, 1.165) is 17.0 Å². The van der Waals surface area contributed by atoms with Crippen LogP contribution in [0.1, 0.15) is 18.2 Å². The molecule has 0 radical (unpaired) electrons. The molecule has 3 aromatic rings. The lowest BCUT2D eigenvalue weighted by molar-refractivity contribution is -0.119. The van der Waals surface area contributed by atoms with Gasteiger partial charge in [0.15, 0.2) is 10.3 Å². The molecule has 3 aromatic heterocycles. The van der Waals surface area contributed by atoms with Gasteiger partial charge in [-0.05, 0) is 25.5 Å². The van der Waals surface area contributed by atoms with Crippen molar-refractivity contribution in [3.05, 3.63) is 51.5 Å². The number of carbonyl (C=O) groups is 1. The van der Waals surface area contributed by atoms with Crippen molar-refractivity contribution in [2.24, 2.45) is 5.92 Å². The smallest absolute Gasteiger partial charge is 0.257 e. The number of hydrogen-bond acceptors (Lipinski definition) is 7. The highest BCUT2D eigenvalue weighted by molar-refractivity contribution is 7.99. The Morgan fingerprint density at radius 3 is 3.00 bits per heavy atom. The van der Waals surface area contributed by atoms with Gasteiger partial charge >= 0.3 is 0 Å². The van der Waals surface area contributed by atoms with Crippen molar-refractivity contribution in [1.82, 2.24) is 19.5 Å². The lowest BCUT2D eigenvalue weighted by Crippen LogP contribution is -2.38. The number of rotatable bonds is 4. The second kappa shape index (κ2) is 7.84. The number of nitrogens with one attached hydrogen (secondary N) is 1. The Hall–Kier alpha value is -2.52. The Kier molecular flexibility index (Phi) is 5.27. The summed E-state index contributed by atoms with van der Waals surface area (Å²) in [6, 6.07) is 3.77. The number of thiazole rings is 1. The summed E-state index contributed by atoms with van der Waals surface area (Å²) in [4.78, 5) is 38.6. The number of fused-ring (bicyclic) bond motifs is 1. The van der Waals surface area contributed by atoms with E-state index in [1.54, 1.807) is 17.0 Å². The highest BCUT2D eigenvalue weighted by Gasteiger charge is 2.28. The summed E-state index contributed by atoms with van der Waals surface area (Å²) in [5, 5.41) is 6.02. The van der Waals surface area contributed by atoms with Gasteiger partial charge in [-0.15, -0.1) is 11.3 Å². The fraction of sp³-hybridized carbons (Fsp3) is 0.316. The molecule has 0 fully saturated rings. The third kappa shape index (κ3) is 3.59. The summed E-state index contributed by atoms with van der Waals surface area (Å²) in [5.74, 6) is 0.148. The average molecular weight is 414 g/mol. The summed E-state index contributed by atoms with van der Waals surface area (Å²) in [6.45, 7) is 4.15. The summed E-state index contributed by atoms with van der Waals surface area (Å²) >= 11 is 2.83. The molecule has 0 spiro atoms. The van der Waals surface area contributed by atoms with Crippen LogP contribution in [0.25, 0.3) is 11.3 Å². The molecule has 4 rings (SSSR count). The highest BCUT2D eigenvalue weighted by Crippen LogP contribution is 2.28. The molecule has 1 amide bonds. The molecule has 0 bridgehead atoms. The minimum absolute atomic E-state index is 0.0388. The van der Waals surface area contributed by atoms with E-state index in [9.17, 15) is 9.59 Å². The van der Waals surface area contributed by atoms with Crippen molar-refractivity contribution in [2.45, 2.75) is 32.0 Å². The standard InChI is InChI=1S/C19H19N5O2S2/c1-3-14-11(2)21-19-24(17(14)26)8-13(9-28-19)16(25)23-18-22-15(10-27-18)12-5-4-6-20-7-12/h4-7,10,13H,3,8-9H2,1-2H3,(H,22,23,25)/t13-/m0/s1. The molecule has 7 nitrogen and oxygen atoms in total. The predicted octanol–water partition coefficient (Wildman–Crippen LogP) is 2.99. The minimum atomic E-state index is -0.310. The van der Waals surface area contributed by atoms with Crippen molar-refractivity contribution >= 4 is 34.1 Å². The zero-order chi connectivity index (χ0) is 19.7. The Morgan fingerprint density at radius 1 is 1.39 bits per heavy atom. The third-order valence-corrected chi connectivity index (χ3v) is 6.56. The maximum absolute atomic E-state index is 12.7. The van der Waals surface area contributed by atoms with Crippen LogP contribution >= 0.6 is 23.1 Å². The molecule has 0 unspecified atom stereocenters. The van der Waals surface area contributed by atoms with Gasteiger partial charge in [-0.25, -0.2) is 9.97 Å². The van der Waals surface area contributed by atoms with Gasteiger partial charge in [0.25, 0.3) is 5.56 Å². The molecule has 0 aliphatic carbocycles. The highest BCUT2D eigenvalue weighted by atomic mass is 32.2. The van der Waals surface area contributed by atoms with Gasteiger partial charge in [0.2, 0.25) is 5.91 Å². The molecule has 1 aliphatic heterocycles. The molecular weight excluding hydrogens is 394 g/mol. The van der Waals surface area contributed by atoms with E-state index in [-0.39, 0.29) is 17.4 Å². The van der Waals surface area contributed by atoms with Crippen LogP contribution in [0.2, 0.25) is 0 Å². The van der Waals surface area contributed by atoms with Crippen LogP contribution in [0, 0.1) is 12.8 Å². The molecule has 1 atom stereocenters. The maximum atomic E-state index is 12.7. The van der Waals surface area contributed by atoms with E-state index >= 15 is 0 Å². The van der Waals surface area contributed by atoms with Crippen molar-refractivity contribution < 1.29 is 4.79 Å². The normalized spacial score (nSPS) is 15.9. The Morgan fingerprint density at radius 2 is 2.25 bits per heavy atom. The van der Waals surface area contributed by atoms with E-state index in [1.165, 1.54) is 23.1 Å². The quantitative estimate of drug-likeness (QED) is 0.662. The maximum Gasteiger partial charge on any atom is 0.257 e. The molecule has 4 heterocycles. The van der Waals surface area contributed by atoms with Crippen LogP contribution in [-0.2, 0) is 17.8 Å². The first kappa shape index (κ1) is 18.8. The minimum Gasteiger partial charge on any atom is -0.302 e. The molecular formula is C19H19N5O2S2. The summed E-state index contributed by atoms with van der Waals surface area (Å²) < 4.78 is 1.63. The first-order valence-electron chi connectivity index (χ1n) is 8.96. The van der Waals surface area contributed by atoms with Crippen molar-refractivity contribution in [2.75, 3.05) is 11.1 Å². The monoisotopic (exact) mass is 413 g/mol. The number of carbonyl (C=O) groups excluding carboxylic acids is 1. The molecule has 0 saturated heterocycles. The van der Waals surface area contributed by atoms with Crippen LogP contribution in [0.4, 0.5) is 5.13 Å². The van der Waals surface area contributed by atoms with Gasteiger partial charge < -0.3 is 5.32 Å². The van der Waals surface area contributed by atoms with Crippen LogP contribution < -0.4 is 10.9 Å². The van der Waals surface area contributed by atoms with Gasteiger partial charge in [0.1, 0.15) is 0 Å². The molecule has 1 aliphatic rings. The Labute approximate surface area is 170 Å². The largest absolute Gasteiger partial charge is 0.302 e. The second-order valence-corrected chi connectivity index (χ2v) is 8.35. The zero-order valence-electron chi connectivity index (χ0n) is 15.5. The van der Waals surface area contributed by atoms with Gasteiger partial charge in [0.05, 0.1) is 11.6 Å². The number of pyridine rings is 1. The fourth-order valence-electron chi connectivity index (χ4n) is 3.15. The van der Waals surface area contributed by atoms with Gasteiger partial charge in [-0.1, -0.05) is 18.7 Å². The topological polar surface area (TPSA) is 89.8 Å². The second-order valence-electron chi connectivity index (χ2n) is 6.50. The summed E-state index contributed by atoms with van der Waals surface area (Å²) in [5.41, 5.74) is 3.14. The first-order valence-corrected chi connectivity index (χ1v) is 10.8. The number of aromatic nitrogens is 4. The summed E-state index contributed by atoms with van der Waals surface area (Å²) in [6.07, 6.45) is 4.08. The number of nitrogens with zero attached hydrogens (tertiary/aromatic N) is 4. The average Bonchev–Trinajstić information content (AvgIpc) is 3.17. The van der Waals surface area contributed by atoms with Crippen molar-refractivity contribution in [3.63, 3.8) is 0 Å². The number of hydrogen-bond donors (Lipinski definition) is 1. The lowest BCUT2D eigenvalue weighted by Gasteiger charge is -2.24. The number of amides is 1. The predicted molar refractivity (Wildman–Crippen MR) is 111 cm³/mol. The van der Waals surface area contributed by atoms with Gasteiger partial charge in [-0.3, -0.25) is 19.1 Å². The van der Waals surface area contributed by atoms with Crippen LogP contribution in [0.3, 0.4) is 0 Å². The number of anilines is 1. The van der Waals surface area contributed by atoms with Crippen LogP contribution in [0.5, 0.6) is 0 Å². The molecule has 1 N–H and O–H groups in total. The molecule has 0 saturated carbocycles. The first-order chi connectivity index (χ1) is 13.6. The SMILES string of the molecule is CCc1c(C)nc2n(c1=O)C[C@H](C(=O)Nc1nc(-c3cccnc3)cs1)CS2. The molecule has 0 aromatic carbocycles. The molecule has 28 heavy (non-hydrogen) atoms. The zero-order valence-corrected chi connectivity index (χ0v) is 17.1. The summed E-state index contributed by atoms with van der Waals surface area (Å²) in [7, 11) is 0. The number of thioether (sulfide) groups is 1. The third-order valence-electron chi connectivity index (χ3n) is 4.67. The Bertz CT molecular complexity index is 1080. The van der Waals surface area contributed by atoms with E-state index in [2.05, 4.69) is 20.3 Å². The molecule has 144 valence electrons. The number of aryl methyl sites for hydroxylation is 1.